The van der Waals surface area contributed by atoms with E-state index in [4.69, 9.17) is 0 Å². The number of carbonyl (C=O) groups is 2. The van der Waals surface area contributed by atoms with Gasteiger partial charge in [0.15, 0.2) is 0 Å². The van der Waals surface area contributed by atoms with Gasteiger partial charge in [-0.15, -0.1) is 0 Å². The second-order valence-electron chi connectivity index (χ2n) is 6.15. The second kappa shape index (κ2) is 6.54. The van der Waals surface area contributed by atoms with Crippen molar-refractivity contribution < 1.29 is 9.59 Å². The molecule has 0 radical (unpaired) electrons. The average molecular weight is 282 g/mol. The van der Waals surface area contributed by atoms with Crippen LogP contribution in [0.4, 0.5) is 0 Å². The molecule has 0 aromatic carbocycles. The number of likely N-dealkylation sites (N-methyl/N-ethyl adjacent to an activating group) is 1. The molecule has 114 valence electrons. The smallest absolute Gasteiger partial charge is 0.236 e. The Kier molecular flexibility index (Phi) is 4.99. The number of nitrogens with one attached hydrogen (secondary N) is 1. The van der Waals surface area contributed by atoms with Crippen LogP contribution in [-0.2, 0) is 9.59 Å². The molecule has 1 N–H and O–H groups in total. The summed E-state index contributed by atoms with van der Waals surface area (Å²) >= 11 is 0. The summed E-state index contributed by atoms with van der Waals surface area (Å²) in [6, 6.07) is 0. The van der Waals surface area contributed by atoms with Crippen molar-refractivity contribution >= 4 is 11.8 Å². The van der Waals surface area contributed by atoms with E-state index < -0.39 is 0 Å². The fraction of sp³-hybridized carbons (Fsp3) is 0.857. The van der Waals surface area contributed by atoms with Gasteiger partial charge in [-0.25, -0.2) is 0 Å². The maximum atomic E-state index is 12.4. The summed E-state index contributed by atoms with van der Waals surface area (Å²) in [7, 11) is 3.79. The fourth-order valence-electron chi connectivity index (χ4n) is 2.70. The molecule has 1 unspecified atom stereocenters. The summed E-state index contributed by atoms with van der Waals surface area (Å²) in [4.78, 5) is 30.0. The molecule has 6 heteroatoms. The molecular weight excluding hydrogens is 256 g/mol. The van der Waals surface area contributed by atoms with Crippen molar-refractivity contribution in [2.45, 2.75) is 6.92 Å². The van der Waals surface area contributed by atoms with E-state index in [0.717, 1.165) is 13.1 Å². The predicted molar refractivity (Wildman–Crippen MR) is 77.2 cm³/mol. The first kappa shape index (κ1) is 15.3. The molecule has 2 amide bonds. The van der Waals surface area contributed by atoms with E-state index >= 15 is 0 Å². The topological polar surface area (TPSA) is 55.9 Å². The van der Waals surface area contributed by atoms with Crippen LogP contribution in [0.25, 0.3) is 0 Å². The Morgan fingerprint density at radius 3 is 2.15 bits per heavy atom. The van der Waals surface area contributed by atoms with Crippen molar-refractivity contribution in [2.75, 3.05) is 59.9 Å². The highest BCUT2D eigenvalue weighted by atomic mass is 16.2. The predicted octanol–water partition coefficient (Wildman–Crippen LogP) is -0.926. The van der Waals surface area contributed by atoms with Crippen LogP contribution >= 0.6 is 0 Å². The standard InChI is InChI=1S/C14H26N4O2/c1-11(12-8-15-9-12)14(20)18-6-4-17(5-7-18)13(19)10-16(2)3/h11-12,15H,4-10H2,1-3H3. The van der Waals surface area contributed by atoms with Gasteiger partial charge < -0.3 is 20.0 Å². The molecule has 2 aliphatic heterocycles. The zero-order chi connectivity index (χ0) is 14.7. The molecule has 0 aliphatic carbocycles. The lowest BCUT2D eigenvalue weighted by Gasteiger charge is -2.39. The average Bonchev–Trinajstić information content (AvgIpc) is 2.35. The van der Waals surface area contributed by atoms with E-state index in [9.17, 15) is 9.59 Å². The molecule has 6 nitrogen and oxygen atoms in total. The molecule has 20 heavy (non-hydrogen) atoms. The van der Waals surface area contributed by atoms with E-state index in [0.29, 0.717) is 38.6 Å². The highest BCUT2D eigenvalue weighted by Crippen LogP contribution is 2.19. The Morgan fingerprint density at radius 2 is 1.70 bits per heavy atom. The first-order valence-electron chi connectivity index (χ1n) is 7.41. The van der Waals surface area contributed by atoms with E-state index in [2.05, 4.69) is 5.32 Å². The largest absolute Gasteiger partial charge is 0.339 e. The molecule has 0 spiro atoms. The zero-order valence-corrected chi connectivity index (χ0v) is 12.8. The highest BCUT2D eigenvalue weighted by Gasteiger charge is 2.33. The SMILES string of the molecule is CC(C(=O)N1CCN(C(=O)CN(C)C)CC1)C1CNC1. The number of carbonyl (C=O) groups excluding carboxylic acids is 2. The number of hydrogen-bond acceptors (Lipinski definition) is 4. The lowest BCUT2D eigenvalue weighted by Crippen LogP contribution is -2.56. The maximum absolute atomic E-state index is 12.4. The Hall–Kier alpha value is -1.14. The van der Waals surface area contributed by atoms with Gasteiger partial charge in [-0.05, 0) is 33.1 Å². The summed E-state index contributed by atoms with van der Waals surface area (Å²) in [6.07, 6.45) is 0. The highest BCUT2D eigenvalue weighted by molar-refractivity contribution is 5.80. The molecular formula is C14H26N4O2. The number of amides is 2. The first-order valence-corrected chi connectivity index (χ1v) is 7.41. The monoisotopic (exact) mass is 282 g/mol. The van der Waals surface area contributed by atoms with Gasteiger partial charge in [-0.1, -0.05) is 6.92 Å². The third kappa shape index (κ3) is 3.49. The van der Waals surface area contributed by atoms with Crippen LogP contribution in [-0.4, -0.2) is 86.4 Å². The van der Waals surface area contributed by atoms with E-state index in [-0.39, 0.29) is 17.7 Å². The second-order valence-corrected chi connectivity index (χ2v) is 6.15. The van der Waals surface area contributed by atoms with Crippen LogP contribution in [0, 0.1) is 11.8 Å². The van der Waals surface area contributed by atoms with Crippen LogP contribution in [0.2, 0.25) is 0 Å². The number of hydrogen-bond donors (Lipinski definition) is 1. The van der Waals surface area contributed by atoms with E-state index in [1.165, 1.54) is 0 Å². The molecule has 0 bridgehead atoms. The summed E-state index contributed by atoms with van der Waals surface area (Å²) in [5.41, 5.74) is 0. The molecule has 0 aromatic heterocycles. The third-order valence-corrected chi connectivity index (χ3v) is 4.31. The van der Waals surface area contributed by atoms with E-state index in [1.54, 1.807) is 0 Å². The van der Waals surface area contributed by atoms with Gasteiger partial charge in [0.2, 0.25) is 11.8 Å². The normalized spacial score (nSPS) is 21.8. The molecule has 0 aromatic rings. The van der Waals surface area contributed by atoms with Crippen molar-refractivity contribution in [2.24, 2.45) is 11.8 Å². The van der Waals surface area contributed by atoms with Crippen molar-refractivity contribution in [1.82, 2.24) is 20.0 Å². The van der Waals surface area contributed by atoms with Gasteiger partial charge in [-0.2, -0.15) is 0 Å². The van der Waals surface area contributed by atoms with Crippen molar-refractivity contribution in [1.29, 1.82) is 0 Å². The summed E-state index contributed by atoms with van der Waals surface area (Å²) in [5.74, 6) is 0.978. The Labute approximate surface area is 121 Å². The molecule has 0 saturated carbocycles. The number of nitrogens with zero attached hydrogens (tertiary/aromatic N) is 3. The summed E-state index contributed by atoms with van der Waals surface area (Å²) in [6.45, 7) is 7.03. The van der Waals surface area contributed by atoms with Gasteiger partial charge in [0.05, 0.1) is 6.54 Å². The Morgan fingerprint density at radius 1 is 1.15 bits per heavy atom. The maximum Gasteiger partial charge on any atom is 0.236 e. The first-order chi connectivity index (χ1) is 9.49. The summed E-state index contributed by atoms with van der Waals surface area (Å²) < 4.78 is 0. The fourth-order valence-corrected chi connectivity index (χ4v) is 2.70. The molecule has 2 fully saturated rings. The molecule has 2 rings (SSSR count). The minimum atomic E-state index is 0.0975. The van der Waals surface area contributed by atoms with Crippen molar-refractivity contribution in [3.05, 3.63) is 0 Å². The lowest BCUT2D eigenvalue weighted by atomic mass is 9.88. The van der Waals surface area contributed by atoms with Gasteiger partial charge in [0, 0.05) is 32.1 Å². The van der Waals surface area contributed by atoms with Crippen molar-refractivity contribution in [3.8, 4) is 0 Å². The lowest BCUT2D eigenvalue weighted by molar-refractivity contribution is -0.143. The molecule has 2 aliphatic rings. The molecule has 2 saturated heterocycles. The molecule has 2 heterocycles. The van der Waals surface area contributed by atoms with Crippen molar-refractivity contribution in [3.63, 3.8) is 0 Å². The summed E-state index contributed by atoms with van der Waals surface area (Å²) in [5, 5.41) is 3.21. The number of rotatable bonds is 4. The van der Waals surface area contributed by atoms with Crippen LogP contribution in [0.5, 0.6) is 0 Å². The Balaban J connectivity index is 1.78. The molecule has 1 atom stereocenters. The van der Waals surface area contributed by atoms with Crippen LogP contribution < -0.4 is 5.32 Å². The number of piperazine rings is 1. The van der Waals surface area contributed by atoms with Crippen LogP contribution in [0.1, 0.15) is 6.92 Å². The quantitative estimate of drug-likeness (QED) is 0.724. The van der Waals surface area contributed by atoms with Gasteiger partial charge in [0.25, 0.3) is 0 Å². The van der Waals surface area contributed by atoms with Gasteiger partial charge in [0.1, 0.15) is 0 Å². The van der Waals surface area contributed by atoms with Crippen LogP contribution in [0.3, 0.4) is 0 Å². The van der Waals surface area contributed by atoms with Gasteiger partial charge in [-0.3, -0.25) is 9.59 Å². The van der Waals surface area contributed by atoms with Gasteiger partial charge >= 0.3 is 0 Å². The minimum Gasteiger partial charge on any atom is -0.339 e. The van der Waals surface area contributed by atoms with E-state index in [1.807, 2.05) is 35.7 Å². The third-order valence-electron chi connectivity index (χ3n) is 4.31. The zero-order valence-electron chi connectivity index (χ0n) is 12.8. The van der Waals surface area contributed by atoms with Crippen LogP contribution in [0.15, 0.2) is 0 Å². The Bertz CT molecular complexity index is 360. The minimum absolute atomic E-state index is 0.0975.